The van der Waals surface area contributed by atoms with Crippen molar-refractivity contribution in [2.45, 2.75) is 17.3 Å². The summed E-state index contributed by atoms with van der Waals surface area (Å²) < 4.78 is 14.5. The van der Waals surface area contributed by atoms with Gasteiger partial charge in [0.15, 0.2) is 5.65 Å². The van der Waals surface area contributed by atoms with Crippen molar-refractivity contribution in [2.75, 3.05) is 5.32 Å². The Balaban J connectivity index is 1.52. The highest BCUT2D eigenvalue weighted by Gasteiger charge is 2.19. The first-order valence-corrected chi connectivity index (χ1v) is 9.72. The molecule has 0 spiro atoms. The number of hydrogen-bond donors (Lipinski definition) is 2. The molecule has 2 heterocycles. The van der Waals surface area contributed by atoms with E-state index in [0.717, 1.165) is 22.7 Å². The normalized spacial score (nSPS) is 12.4. The Hall–Kier alpha value is -2.52. The molecule has 1 amide bonds. The first-order chi connectivity index (χ1) is 13.0. The van der Waals surface area contributed by atoms with Gasteiger partial charge in [0.05, 0.1) is 10.9 Å². The van der Waals surface area contributed by atoms with Crippen LogP contribution in [-0.2, 0) is 4.79 Å². The zero-order chi connectivity index (χ0) is 19.0. The predicted molar refractivity (Wildman–Crippen MR) is 107 cm³/mol. The predicted octanol–water partition coefficient (Wildman–Crippen LogP) is 4.53. The van der Waals surface area contributed by atoms with Crippen molar-refractivity contribution in [2.24, 2.45) is 0 Å². The monoisotopic (exact) mass is 445 g/mol. The maximum Gasteiger partial charge on any atom is 0.237 e. The molecular formula is C18H13BrFN5OS. The number of aromatic nitrogens is 4. The molecule has 0 bridgehead atoms. The number of carbonyl (C=O) groups excluding carboxylic acids is 1. The lowest BCUT2D eigenvalue weighted by atomic mass is 10.2. The van der Waals surface area contributed by atoms with Crippen molar-refractivity contribution in [3.63, 3.8) is 0 Å². The number of anilines is 1. The highest BCUT2D eigenvalue weighted by molar-refractivity contribution is 9.10. The number of halogens is 2. The number of fused-ring (bicyclic) bond motifs is 3. The summed E-state index contributed by atoms with van der Waals surface area (Å²) in [4.78, 5) is 20.0. The molecular weight excluding hydrogens is 433 g/mol. The van der Waals surface area contributed by atoms with Gasteiger partial charge in [0.25, 0.3) is 0 Å². The Bertz CT molecular complexity index is 1170. The molecule has 0 aliphatic rings. The number of carbonyl (C=O) groups is 1. The summed E-state index contributed by atoms with van der Waals surface area (Å²) in [6, 6.07) is 12.2. The number of nitrogens with zero attached hydrogens (tertiary/aromatic N) is 3. The van der Waals surface area contributed by atoms with Gasteiger partial charge in [-0.2, -0.15) is 0 Å². The largest absolute Gasteiger partial charge is 0.338 e. The van der Waals surface area contributed by atoms with Crippen LogP contribution in [0.1, 0.15) is 6.92 Å². The molecule has 0 saturated heterocycles. The van der Waals surface area contributed by atoms with E-state index in [4.69, 9.17) is 0 Å². The molecule has 2 aromatic carbocycles. The fourth-order valence-corrected chi connectivity index (χ4v) is 3.64. The summed E-state index contributed by atoms with van der Waals surface area (Å²) >= 11 is 4.34. The second kappa shape index (κ2) is 7.24. The number of hydrogen-bond acceptors (Lipinski definition) is 5. The molecule has 0 aliphatic carbocycles. The van der Waals surface area contributed by atoms with Gasteiger partial charge in [0.2, 0.25) is 11.1 Å². The zero-order valence-corrected chi connectivity index (χ0v) is 16.4. The summed E-state index contributed by atoms with van der Waals surface area (Å²) in [6.07, 6.45) is 0. The van der Waals surface area contributed by atoms with Gasteiger partial charge in [0, 0.05) is 15.4 Å². The van der Waals surface area contributed by atoms with E-state index in [1.165, 1.54) is 12.1 Å². The summed E-state index contributed by atoms with van der Waals surface area (Å²) in [5.41, 5.74) is 2.35. The van der Waals surface area contributed by atoms with Crippen molar-refractivity contribution in [1.82, 2.24) is 20.2 Å². The van der Waals surface area contributed by atoms with Gasteiger partial charge in [0.1, 0.15) is 11.3 Å². The summed E-state index contributed by atoms with van der Waals surface area (Å²) in [5.74, 6) is -0.853. The number of H-pyrrole nitrogens is 1. The molecule has 0 radical (unpaired) electrons. The van der Waals surface area contributed by atoms with Crippen LogP contribution >= 0.6 is 27.7 Å². The summed E-state index contributed by atoms with van der Waals surface area (Å²) in [6.45, 7) is 1.70. The van der Waals surface area contributed by atoms with Crippen molar-refractivity contribution >= 4 is 61.4 Å². The summed E-state index contributed by atoms with van der Waals surface area (Å²) in [5, 5.41) is 11.7. The SMILES string of the molecule is CC(Sc1nnc2c(n1)[nH]c1ccccc12)C(=O)Nc1ccc(Br)cc1F. The van der Waals surface area contributed by atoms with E-state index >= 15 is 0 Å². The van der Waals surface area contributed by atoms with E-state index in [0.29, 0.717) is 20.8 Å². The number of benzene rings is 2. The molecule has 4 aromatic rings. The Morgan fingerprint density at radius 2 is 2.07 bits per heavy atom. The molecule has 1 unspecified atom stereocenters. The highest BCUT2D eigenvalue weighted by Crippen LogP contribution is 2.26. The molecule has 0 fully saturated rings. The first-order valence-electron chi connectivity index (χ1n) is 8.05. The fourth-order valence-electron chi connectivity index (χ4n) is 2.59. The maximum atomic E-state index is 13.9. The van der Waals surface area contributed by atoms with Crippen LogP contribution in [0.15, 0.2) is 52.1 Å². The van der Waals surface area contributed by atoms with Gasteiger partial charge in [-0.1, -0.05) is 45.9 Å². The standard InChI is InChI=1S/C18H13BrFN5OS/c1-9(17(26)22-14-7-6-10(19)8-12(14)20)27-18-23-16-15(24-25-18)11-4-2-3-5-13(11)21-16/h2-9H,1H3,(H,22,26)(H,21,23,25). The maximum absolute atomic E-state index is 13.9. The van der Waals surface area contributed by atoms with Gasteiger partial charge in [-0.25, -0.2) is 9.37 Å². The van der Waals surface area contributed by atoms with Gasteiger partial charge in [-0.05, 0) is 31.2 Å². The lowest BCUT2D eigenvalue weighted by Gasteiger charge is -2.11. The van der Waals surface area contributed by atoms with Crippen molar-refractivity contribution in [3.05, 3.63) is 52.8 Å². The Labute approximate surface area is 166 Å². The Kier molecular flexibility index (Phi) is 4.79. The molecule has 9 heteroatoms. The highest BCUT2D eigenvalue weighted by atomic mass is 79.9. The van der Waals surface area contributed by atoms with Gasteiger partial charge < -0.3 is 10.3 Å². The van der Waals surface area contributed by atoms with Crippen LogP contribution in [0.3, 0.4) is 0 Å². The third kappa shape index (κ3) is 3.65. The van der Waals surface area contributed by atoms with Crippen LogP contribution < -0.4 is 5.32 Å². The fraction of sp³-hybridized carbons (Fsp3) is 0.111. The minimum absolute atomic E-state index is 0.126. The molecule has 136 valence electrons. The molecule has 1 atom stereocenters. The van der Waals surface area contributed by atoms with Gasteiger partial charge >= 0.3 is 0 Å². The van der Waals surface area contributed by atoms with E-state index in [1.54, 1.807) is 13.0 Å². The summed E-state index contributed by atoms with van der Waals surface area (Å²) in [7, 11) is 0. The number of amides is 1. The number of thioether (sulfide) groups is 1. The number of rotatable bonds is 4. The van der Waals surface area contributed by atoms with Crippen LogP contribution in [0.25, 0.3) is 22.1 Å². The molecule has 0 saturated carbocycles. The van der Waals surface area contributed by atoms with Crippen LogP contribution in [-0.4, -0.2) is 31.3 Å². The average Bonchev–Trinajstić information content (AvgIpc) is 3.01. The van der Waals surface area contributed by atoms with E-state index < -0.39 is 11.1 Å². The van der Waals surface area contributed by atoms with Crippen molar-refractivity contribution < 1.29 is 9.18 Å². The third-order valence-electron chi connectivity index (χ3n) is 3.94. The topological polar surface area (TPSA) is 83.6 Å². The second-order valence-corrected chi connectivity index (χ2v) is 8.06. The molecule has 0 aliphatic heterocycles. The second-order valence-electron chi connectivity index (χ2n) is 5.84. The first kappa shape index (κ1) is 17.9. The molecule has 2 N–H and O–H groups in total. The Morgan fingerprint density at radius 3 is 2.89 bits per heavy atom. The molecule has 2 aromatic heterocycles. The molecule has 27 heavy (non-hydrogen) atoms. The number of aromatic amines is 1. The molecule has 6 nitrogen and oxygen atoms in total. The number of nitrogens with one attached hydrogen (secondary N) is 2. The smallest absolute Gasteiger partial charge is 0.237 e. The van der Waals surface area contributed by atoms with E-state index in [9.17, 15) is 9.18 Å². The van der Waals surface area contributed by atoms with Crippen LogP contribution in [0, 0.1) is 5.82 Å². The molecule has 4 rings (SSSR count). The quantitative estimate of drug-likeness (QED) is 0.450. The average molecular weight is 446 g/mol. The van der Waals surface area contributed by atoms with Crippen molar-refractivity contribution in [3.8, 4) is 0 Å². The van der Waals surface area contributed by atoms with Crippen LogP contribution in [0.5, 0.6) is 0 Å². The van der Waals surface area contributed by atoms with Crippen LogP contribution in [0.4, 0.5) is 10.1 Å². The van der Waals surface area contributed by atoms with E-state index in [2.05, 4.69) is 41.4 Å². The van der Waals surface area contributed by atoms with Crippen molar-refractivity contribution in [1.29, 1.82) is 0 Å². The third-order valence-corrected chi connectivity index (χ3v) is 5.39. The van der Waals surface area contributed by atoms with Gasteiger partial charge in [-0.15, -0.1) is 10.2 Å². The Morgan fingerprint density at radius 1 is 1.26 bits per heavy atom. The van der Waals surface area contributed by atoms with Gasteiger partial charge in [-0.3, -0.25) is 4.79 Å². The minimum atomic E-state index is -0.531. The zero-order valence-electron chi connectivity index (χ0n) is 14.0. The van der Waals surface area contributed by atoms with Crippen LogP contribution in [0.2, 0.25) is 0 Å². The van der Waals surface area contributed by atoms with E-state index in [-0.39, 0.29) is 11.6 Å². The lowest BCUT2D eigenvalue weighted by molar-refractivity contribution is -0.115. The van der Waals surface area contributed by atoms with E-state index in [1.807, 2.05) is 24.3 Å². The minimum Gasteiger partial charge on any atom is -0.338 e. The lowest BCUT2D eigenvalue weighted by Crippen LogP contribution is -2.23. The number of para-hydroxylation sites is 1.